The van der Waals surface area contributed by atoms with Gasteiger partial charge in [-0.1, -0.05) is 0 Å². The fraction of sp³-hybridized carbons (Fsp3) is 0.562. The summed E-state index contributed by atoms with van der Waals surface area (Å²) in [4.78, 5) is 23.5. The van der Waals surface area contributed by atoms with Crippen molar-refractivity contribution in [2.45, 2.75) is 26.7 Å². The van der Waals surface area contributed by atoms with Crippen LogP contribution in [0.25, 0.3) is 0 Å². The Labute approximate surface area is 135 Å². The Balaban J connectivity index is 2.42. The largest absolute Gasteiger partial charge is 0.490 e. The molecule has 23 heavy (non-hydrogen) atoms. The van der Waals surface area contributed by atoms with Gasteiger partial charge in [0.15, 0.2) is 11.5 Å². The van der Waals surface area contributed by atoms with E-state index in [2.05, 4.69) is 5.32 Å². The summed E-state index contributed by atoms with van der Waals surface area (Å²) in [6, 6.07) is 2.85. The minimum Gasteiger partial charge on any atom is -0.490 e. The zero-order valence-electron chi connectivity index (χ0n) is 13.5. The number of ketones is 1. The molecule has 0 aliphatic carbocycles. The summed E-state index contributed by atoms with van der Waals surface area (Å²) in [6.07, 6.45) is 1.71. The lowest BCUT2D eigenvalue weighted by Crippen LogP contribution is -2.34. The van der Waals surface area contributed by atoms with Gasteiger partial charge in [-0.05, 0) is 39.3 Å². The van der Waals surface area contributed by atoms with Crippen LogP contribution in [0, 0.1) is 16.0 Å². The zero-order valence-corrected chi connectivity index (χ0v) is 13.5. The van der Waals surface area contributed by atoms with Gasteiger partial charge in [0.05, 0.1) is 18.1 Å². The van der Waals surface area contributed by atoms with Gasteiger partial charge in [-0.2, -0.15) is 0 Å². The van der Waals surface area contributed by atoms with E-state index in [1.54, 1.807) is 19.9 Å². The SMILES string of the molecule is CCOc1cc(C(=O)C2CCCNC2)cc([N+](=O)[O-])c1OCC. The molecule has 126 valence electrons. The number of nitro benzene ring substituents is 1. The number of hydrogen-bond acceptors (Lipinski definition) is 6. The van der Waals surface area contributed by atoms with Crippen molar-refractivity contribution in [1.82, 2.24) is 5.32 Å². The van der Waals surface area contributed by atoms with E-state index in [1.807, 2.05) is 0 Å². The highest BCUT2D eigenvalue weighted by atomic mass is 16.6. The molecule has 0 saturated carbocycles. The molecule has 7 nitrogen and oxygen atoms in total. The molecule has 0 amide bonds. The van der Waals surface area contributed by atoms with Crippen LogP contribution in [0.1, 0.15) is 37.0 Å². The number of nitrogens with zero attached hydrogens (tertiary/aromatic N) is 1. The molecule has 1 heterocycles. The first kappa shape index (κ1) is 17.2. The first-order valence-electron chi connectivity index (χ1n) is 7.91. The van der Waals surface area contributed by atoms with Crippen molar-refractivity contribution < 1.29 is 19.2 Å². The summed E-state index contributed by atoms with van der Waals surface area (Å²) in [7, 11) is 0. The number of carbonyl (C=O) groups is 1. The van der Waals surface area contributed by atoms with Gasteiger partial charge < -0.3 is 14.8 Å². The standard InChI is InChI=1S/C16H22N2O5/c1-3-22-14-9-12(15(19)11-6-5-7-17-10-11)8-13(18(20)21)16(14)23-4-2/h8-9,11,17H,3-7,10H2,1-2H3. The number of rotatable bonds is 7. The third-order valence-corrected chi connectivity index (χ3v) is 3.77. The van der Waals surface area contributed by atoms with Crippen LogP contribution < -0.4 is 14.8 Å². The molecule has 7 heteroatoms. The minimum atomic E-state index is -0.538. The second kappa shape index (κ2) is 7.92. The lowest BCUT2D eigenvalue weighted by atomic mass is 9.90. The number of hydrogen-bond donors (Lipinski definition) is 1. The van der Waals surface area contributed by atoms with E-state index in [0.29, 0.717) is 18.7 Å². The highest BCUT2D eigenvalue weighted by molar-refractivity contribution is 5.99. The quantitative estimate of drug-likeness (QED) is 0.471. The lowest BCUT2D eigenvalue weighted by Gasteiger charge is -2.22. The van der Waals surface area contributed by atoms with Crippen molar-refractivity contribution in [3.63, 3.8) is 0 Å². The Kier molecular flexibility index (Phi) is 5.92. The van der Waals surface area contributed by atoms with Crippen LogP contribution in [0.2, 0.25) is 0 Å². The molecular weight excluding hydrogens is 300 g/mol. The van der Waals surface area contributed by atoms with E-state index in [0.717, 1.165) is 19.4 Å². The van der Waals surface area contributed by atoms with Crippen molar-refractivity contribution in [3.8, 4) is 11.5 Å². The number of Topliss-reactive ketones (excluding diaryl/α,β-unsaturated/α-hetero) is 1. The Hall–Kier alpha value is -2.15. The zero-order chi connectivity index (χ0) is 16.8. The van der Waals surface area contributed by atoms with Crippen LogP contribution in [0.4, 0.5) is 5.69 Å². The molecule has 0 bridgehead atoms. The van der Waals surface area contributed by atoms with E-state index in [9.17, 15) is 14.9 Å². The van der Waals surface area contributed by atoms with Gasteiger partial charge in [-0.3, -0.25) is 14.9 Å². The Morgan fingerprint density at radius 2 is 2.09 bits per heavy atom. The van der Waals surface area contributed by atoms with Gasteiger partial charge in [0, 0.05) is 24.1 Å². The second-order valence-electron chi connectivity index (χ2n) is 5.35. The molecule has 0 radical (unpaired) electrons. The molecular formula is C16H22N2O5. The highest BCUT2D eigenvalue weighted by Crippen LogP contribution is 2.39. The van der Waals surface area contributed by atoms with Crippen molar-refractivity contribution >= 4 is 11.5 Å². The number of nitrogens with one attached hydrogen (secondary N) is 1. The summed E-state index contributed by atoms with van der Waals surface area (Å²) in [6.45, 7) is 5.63. The maximum Gasteiger partial charge on any atom is 0.315 e. The van der Waals surface area contributed by atoms with Gasteiger partial charge in [-0.15, -0.1) is 0 Å². The van der Waals surface area contributed by atoms with Crippen molar-refractivity contribution in [1.29, 1.82) is 0 Å². The van der Waals surface area contributed by atoms with Crippen LogP contribution in [0.3, 0.4) is 0 Å². The predicted octanol–water partition coefficient (Wildman–Crippen LogP) is 2.57. The van der Waals surface area contributed by atoms with Crippen LogP contribution in [-0.2, 0) is 0 Å². The molecule has 1 unspecified atom stereocenters. The molecule has 1 saturated heterocycles. The predicted molar refractivity (Wildman–Crippen MR) is 85.4 cm³/mol. The van der Waals surface area contributed by atoms with Crippen LogP contribution >= 0.6 is 0 Å². The average Bonchev–Trinajstić information content (AvgIpc) is 2.56. The van der Waals surface area contributed by atoms with Crippen LogP contribution in [0.15, 0.2) is 12.1 Å². The fourth-order valence-corrected chi connectivity index (χ4v) is 2.73. The molecule has 1 atom stereocenters. The first-order chi connectivity index (χ1) is 11.1. The first-order valence-corrected chi connectivity index (χ1v) is 7.91. The topological polar surface area (TPSA) is 90.7 Å². The molecule has 1 aromatic rings. The summed E-state index contributed by atoms with van der Waals surface area (Å²) in [5.74, 6) is 0.0772. The highest BCUT2D eigenvalue weighted by Gasteiger charge is 2.28. The molecule has 2 rings (SSSR count). The van der Waals surface area contributed by atoms with Gasteiger partial charge in [0.1, 0.15) is 0 Å². The van der Waals surface area contributed by atoms with E-state index in [1.165, 1.54) is 6.07 Å². The Morgan fingerprint density at radius 1 is 1.35 bits per heavy atom. The van der Waals surface area contributed by atoms with E-state index in [-0.39, 0.29) is 35.5 Å². The van der Waals surface area contributed by atoms with Crippen molar-refractivity contribution in [2.75, 3.05) is 26.3 Å². The molecule has 0 spiro atoms. The molecule has 1 aromatic carbocycles. The average molecular weight is 322 g/mol. The number of ether oxygens (including phenoxy) is 2. The molecule has 1 aliphatic heterocycles. The van der Waals surface area contributed by atoms with E-state index in [4.69, 9.17) is 9.47 Å². The maximum absolute atomic E-state index is 12.6. The smallest absolute Gasteiger partial charge is 0.315 e. The van der Waals surface area contributed by atoms with Gasteiger partial charge in [0.2, 0.25) is 5.75 Å². The van der Waals surface area contributed by atoms with Crippen LogP contribution in [0.5, 0.6) is 11.5 Å². The summed E-state index contributed by atoms with van der Waals surface area (Å²) < 4.78 is 10.8. The maximum atomic E-state index is 12.6. The number of piperidine rings is 1. The van der Waals surface area contributed by atoms with Gasteiger partial charge in [0.25, 0.3) is 0 Å². The number of nitro groups is 1. The third kappa shape index (κ3) is 3.98. The summed E-state index contributed by atoms with van der Waals surface area (Å²) in [5.41, 5.74) is 0.0715. The second-order valence-corrected chi connectivity index (χ2v) is 5.35. The molecule has 0 aromatic heterocycles. The van der Waals surface area contributed by atoms with Gasteiger partial charge >= 0.3 is 5.69 Å². The molecule has 1 aliphatic rings. The number of benzene rings is 1. The summed E-state index contributed by atoms with van der Waals surface area (Å²) in [5, 5.41) is 14.5. The normalized spacial score (nSPS) is 17.6. The third-order valence-electron chi connectivity index (χ3n) is 3.77. The number of carbonyl (C=O) groups excluding carboxylic acids is 1. The van der Waals surface area contributed by atoms with E-state index >= 15 is 0 Å². The molecule has 1 N–H and O–H groups in total. The Morgan fingerprint density at radius 3 is 2.65 bits per heavy atom. The summed E-state index contributed by atoms with van der Waals surface area (Å²) >= 11 is 0. The van der Waals surface area contributed by atoms with Crippen molar-refractivity contribution in [3.05, 3.63) is 27.8 Å². The fourth-order valence-electron chi connectivity index (χ4n) is 2.73. The Bertz CT molecular complexity index is 582. The monoisotopic (exact) mass is 322 g/mol. The lowest BCUT2D eigenvalue weighted by molar-refractivity contribution is -0.386. The minimum absolute atomic E-state index is 0.0812. The molecule has 1 fully saturated rings. The van der Waals surface area contributed by atoms with E-state index < -0.39 is 4.92 Å². The van der Waals surface area contributed by atoms with Crippen LogP contribution in [-0.4, -0.2) is 37.0 Å². The van der Waals surface area contributed by atoms with Gasteiger partial charge in [-0.25, -0.2) is 0 Å². The van der Waals surface area contributed by atoms with Crippen molar-refractivity contribution in [2.24, 2.45) is 5.92 Å².